The van der Waals surface area contributed by atoms with E-state index in [4.69, 9.17) is 0 Å². The number of likely N-dealkylation sites (N-methyl/N-ethyl adjacent to an activating group) is 1. The molecule has 2 atom stereocenters. The Morgan fingerprint density at radius 3 is 2.05 bits per heavy atom. The number of alkyl halides is 3. The summed E-state index contributed by atoms with van der Waals surface area (Å²) in [4.78, 5) is 0. The Balaban J connectivity index is 2.69. The smallest absolute Gasteiger partial charge is 0.406 e. The maximum atomic E-state index is 12.1. The fraction of sp³-hybridized carbons (Fsp3) is 0.600. The highest BCUT2D eigenvalue weighted by molar-refractivity contribution is 5.28. The van der Waals surface area contributed by atoms with E-state index < -0.39 is 6.36 Å². The zero-order valence-electron chi connectivity index (χ0n) is 12.3. The molecule has 1 aromatic rings. The zero-order valence-corrected chi connectivity index (χ0v) is 12.3. The van der Waals surface area contributed by atoms with Crippen LogP contribution in [0.25, 0.3) is 0 Å². The van der Waals surface area contributed by atoms with E-state index in [0.29, 0.717) is 17.9 Å². The monoisotopic (exact) mass is 289 g/mol. The molecule has 0 saturated carbocycles. The van der Waals surface area contributed by atoms with Crippen LogP contribution < -0.4 is 10.1 Å². The highest BCUT2D eigenvalue weighted by Gasteiger charge is 2.31. The van der Waals surface area contributed by atoms with Gasteiger partial charge in [-0.3, -0.25) is 0 Å². The Hall–Kier alpha value is -1.23. The largest absolute Gasteiger partial charge is 0.573 e. The third-order valence-corrected chi connectivity index (χ3v) is 3.67. The second-order valence-electron chi connectivity index (χ2n) is 5.39. The lowest BCUT2D eigenvalue weighted by atomic mass is 9.87. The molecule has 2 nitrogen and oxygen atoms in total. The normalized spacial score (nSPS) is 15.2. The zero-order chi connectivity index (χ0) is 15.3. The lowest BCUT2D eigenvalue weighted by Crippen LogP contribution is -2.36. The van der Waals surface area contributed by atoms with Gasteiger partial charge in [0.25, 0.3) is 0 Å². The first-order valence-corrected chi connectivity index (χ1v) is 6.75. The molecule has 0 aromatic heterocycles. The molecule has 5 heteroatoms. The van der Waals surface area contributed by atoms with Crippen LogP contribution in [0.3, 0.4) is 0 Å². The number of halogens is 3. The van der Waals surface area contributed by atoms with Crippen LogP contribution >= 0.6 is 0 Å². The van der Waals surface area contributed by atoms with Gasteiger partial charge in [-0.05, 0) is 43.0 Å². The molecule has 0 radical (unpaired) electrons. The molecular formula is C15H22F3NO. The average molecular weight is 289 g/mol. The summed E-state index contributed by atoms with van der Waals surface area (Å²) in [6, 6.07) is 6.37. The lowest BCUT2D eigenvalue weighted by Gasteiger charge is -2.26. The summed E-state index contributed by atoms with van der Waals surface area (Å²) >= 11 is 0. The maximum Gasteiger partial charge on any atom is 0.573 e. The van der Waals surface area contributed by atoms with Gasteiger partial charge in [-0.25, -0.2) is 0 Å². The van der Waals surface area contributed by atoms with Gasteiger partial charge < -0.3 is 10.1 Å². The van der Waals surface area contributed by atoms with Crippen molar-refractivity contribution in [3.63, 3.8) is 0 Å². The summed E-state index contributed by atoms with van der Waals surface area (Å²) in [7, 11) is 1.91. The van der Waals surface area contributed by atoms with Gasteiger partial charge in [0.1, 0.15) is 5.75 Å². The van der Waals surface area contributed by atoms with Crippen LogP contribution in [0.15, 0.2) is 24.3 Å². The molecule has 1 rings (SSSR count). The van der Waals surface area contributed by atoms with Crippen LogP contribution in [-0.4, -0.2) is 19.5 Å². The summed E-state index contributed by atoms with van der Waals surface area (Å²) in [5.41, 5.74) is 0.992. The Kier molecular flexibility index (Phi) is 5.87. The van der Waals surface area contributed by atoms with E-state index in [9.17, 15) is 13.2 Å². The van der Waals surface area contributed by atoms with E-state index in [1.165, 1.54) is 12.1 Å². The molecule has 0 aliphatic rings. The molecule has 1 aromatic carbocycles. The van der Waals surface area contributed by atoms with Crippen molar-refractivity contribution in [3.05, 3.63) is 29.8 Å². The van der Waals surface area contributed by atoms with E-state index in [2.05, 4.69) is 30.8 Å². The number of rotatable bonds is 6. The van der Waals surface area contributed by atoms with Gasteiger partial charge in [0.2, 0.25) is 0 Å². The summed E-state index contributed by atoms with van der Waals surface area (Å²) < 4.78 is 40.1. The van der Waals surface area contributed by atoms with Gasteiger partial charge in [-0.2, -0.15) is 0 Å². The molecule has 0 amide bonds. The van der Waals surface area contributed by atoms with Crippen molar-refractivity contribution >= 4 is 0 Å². The van der Waals surface area contributed by atoms with E-state index >= 15 is 0 Å². The summed E-state index contributed by atoms with van der Waals surface area (Å²) in [6.07, 6.45) is -3.86. The first-order chi connectivity index (χ1) is 9.23. The van der Waals surface area contributed by atoms with Gasteiger partial charge in [0.05, 0.1) is 0 Å². The van der Waals surface area contributed by atoms with Gasteiger partial charge in [-0.1, -0.05) is 32.9 Å². The average Bonchev–Trinajstić information content (AvgIpc) is 2.35. The van der Waals surface area contributed by atoms with Crippen molar-refractivity contribution in [3.8, 4) is 5.75 Å². The Morgan fingerprint density at radius 2 is 1.65 bits per heavy atom. The number of hydrogen-bond acceptors (Lipinski definition) is 2. The number of hydrogen-bond donors (Lipinski definition) is 1. The number of ether oxygens (including phenoxy) is 1. The Morgan fingerprint density at radius 1 is 1.10 bits per heavy atom. The maximum absolute atomic E-state index is 12.1. The second-order valence-corrected chi connectivity index (χ2v) is 5.39. The lowest BCUT2D eigenvalue weighted by molar-refractivity contribution is -0.274. The third-order valence-electron chi connectivity index (χ3n) is 3.67. The topological polar surface area (TPSA) is 21.3 Å². The van der Waals surface area contributed by atoms with Crippen molar-refractivity contribution in [2.75, 3.05) is 7.05 Å². The molecule has 0 bridgehead atoms. The molecular weight excluding hydrogens is 267 g/mol. The van der Waals surface area contributed by atoms with Crippen molar-refractivity contribution in [2.24, 2.45) is 11.8 Å². The molecule has 0 aliphatic carbocycles. The Bertz CT molecular complexity index is 401. The minimum absolute atomic E-state index is 0.181. The summed E-state index contributed by atoms with van der Waals surface area (Å²) in [5.74, 6) is 0.838. The standard InChI is InChI=1S/C15H22F3NO/c1-10(2)11(3)14(19-4)9-12-5-7-13(8-6-12)20-15(16,17)18/h5-8,10-11,14,19H,9H2,1-4H3. The van der Waals surface area contributed by atoms with E-state index in [1.807, 2.05) is 7.05 Å². The van der Waals surface area contributed by atoms with Gasteiger partial charge in [0, 0.05) is 6.04 Å². The van der Waals surface area contributed by atoms with Crippen LogP contribution in [0.5, 0.6) is 5.75 Å². The molecule has 0 saturated heterocycles. The fourth-order valence-electron chi connectivity index (χ4n) is 2.10. The molecule has 0 heterocycles. The first-order valence-electron chi connectivity index (χ1n) is 6.75. The minimum Gasteiger partial charge on any atom is -0.406 e. The molecule has 0 fully saturated rings. The van der Waals surface area contributed by atoms with Crippen molar-refractivity contribution < 1.29 is 17.9 Å². The number of benzene rings is 1. The van der Waals surface area contributed by atoms with Crippen LogP contribution in [0.1, 0.15) is 26.3 Å². The minimum atomic E-state index is -4.64. The first kappa shape index (κ1) is 16.8. The summed E-state index contributed by atoms with van der Waals surface area (Å²) in [5, 5.41) is 3.27. The number of nitrogens with one attached hydrogen (secondary N) is 1. The molecule has 0 aliphatic heterocycles. The molecule has 1 N–H and O–H groups in total. The van der Waals surface area contributed by atoms with E-state index in [-0.39, 0.29) is 5.75 Å². The predicted molar refractivity (Wildman–Crippen MR) is 73.7 cm³/mol. The third kappa shape index (κ3) is 5.41. The van der Waals surface area contributed by atoms with Crippen LogP contribution in [0.4, 0.5) is 13.2 Å². The predicted octanol–water partition coefficient (Wildman–Crippen LogP) is 4.01. The molecule has 114 valence electrons. The van der Waals surface area contributed by atoms with Crippen molar-refractivity contribution in [2.45, 2.75) is 39.6 Å². The van der Waals surface area contributed by atoms with Crippen LogP contribution in [0.2, 0.25) is 0 Å². The SMILES string of the molecule is CNC(Cc1ccc(OC(F)(F)F)cc1)C(C)C(C)C. The van der Waals surface area contributed by atoms with E-state index in [0.717, 1.165) is 12.0 Å². The van der Waals surface area contributed by atoms with Crippen molar-refractivity contribution in [1.29, 1.82) is 0 Å². The molecule has 20 heavy (non-hydrogen) atoms. The van der Waals surface area contributed by atoms with E-state index in [1.54, 1.807) is 12.1 Å². The Labute approximate surface area is 118 Å². The quantitative estimate of drug-likeness (QED) is 0.854. The van der Waals surface area contributed by atoms with Crippen LogP contribution in [0, 0.1) is 11.8 Å². The van der Waals surface area contributed by atoms with Gasteiger partial charge >= 0.3 is 6.36 Å². The van der Waals surface area contributed by atoms with Gasteiger partial charge in [-0.15, -0.1) is 13.2 Å². The second kappa shape index (κ2) is 6.97. The van der Waals surface area contributed by atoms with Crippen molar-refractivity contribution in [1.82, 2.24) is 5.32 Å². The highest BCUT2D eigenvalue weighted by Crippen LogP contribution is 2.24. The highest BCUT2D eigenvalue weighted by atomic mass is 19.4. The van der Waals surface area contributed by atoms with Gasteiger partial charge in [0.15, 0.2) is 0 Å². The fourth-order valence-corrected chi connectivity index (χ4v) is 2.10. The molecule has 0 spiro atoms. The summed E-state index contributed by atoms with van der Waals surface area (Å²) in [6.45, 7) is 6.50. The molecule has 2 unspecified atom stereocenters. The van der Waals surface area contributed by atoms with Crippen LogP contribution in [-0.2, 0) is 6.42 Å².